The molecule has 0 bridgehead atoms. The molecule has 0 saturated heterocycles. The summed E-state index contributed by atoms with van der Waals surface area (Å²) >= 11 is 0. The van der Waals surface area contributed by atoms with Gasteiger partial charge in [0.1, 0.15) is 11.9 Å². The predicted molar refractivity (Wildman–Crippen MR) is 150 cm³/mol. The summed E-state index contributed by atoms with van der Waals surface area (Å²) < 4.78 is 26.8. The second kappa shape index (κ2) is 12.2. The van der Waals surface area contributed by atoms with E-state index in [1.807, 2.05) is 35.2 Å². The fraction of sp³-hybridized carbons (Fsp3) is 0.233. The summed E-state index contributed by atoms with van der Waals surface area (Å²) in [5, 5.41) is 15.0. The van der Waals surface area contributed by atoms with Crippen LogP contribution >= 0.6 is 12.4 Å². The van der Waals surface area contributed by atoms with Crippen molar-refractivity contribution >= 4 is 40.5 Å². The van der Waals surface area contributed by atoms with Gasteiger partial charge in [0.05, 0.1) is 17.9 Å². The zero-order valence-electron chi connectivity index (χ0n) is 21.0. The topological polar surface area (TPSA) is 71.0 Å². The third-order valence-corrected chi connectivity index (χ3v) is 6.63. The first-order chi connectivity index (χ1) is 18.0. The molecule has 1 aliphatic rings. The number of hydrogen-bond acceptors (Lipinski definition) is 5. The van der Waals surface area contributed by atoms with Gasteiger partial charge in [0.25, 0.3) is 0 Å². The van der Waals surface area contributed by atoms with E-state index in [1.54, 1.807) is 12.1 Å². The van der Waals surface area contributed by atoms with Crippen LogP contribution in [-0.2, 0) is 4.79 Å². The van der Waals surface area contributed by atoms with Crippen LogP contribution in [0, 0.1) is 5.82 Å². The lowest BCUT2D eigenvalue weighted by Crippen LogP contribution is -2.39. The van der Waals surface area contributed by atoms with Gasteiger partial charge >= 0.3 is 5.97 Å². The smallest absolute Gasteiger partial charge is 0.341 e. The van der Waals surface area contributed by atoms with Crippen LogP contribution in [0.2, 0.25) is 0 Å². The number of benzene rings is 4. The molecule has 0 amide bonds. The van der Waals surface area contributed by atoms with Gasteiger partial charge < -0.3 is 24.8 Å². The Bertz CT molecular complexity index is 1410. The van der Waals surface area contributed by atoms with Crippen LogP contribution in [0.15, 0.2) is 84.9 Å². The van der Waals surface area contributed by atoms with Crippen LogP contribution in [-0.4, -0.2) is 36.9 Å². The monoisotopic (exact) mass is 536 g/mol. The molecule has 0 radical (unpaired) electrons. The third-order valence-electron chi connectivity index (χ3n) is 6.63. The Balaban J connectivity index is 0.00000336. The molecule has 1 aliphatic heterocycles. The van der Waals surface area contributed by atoms with Crippen molar-refractivity contribution in [2.75, 3.05) is 24.6 Å². The third kappa shape index (κ3) is 5.85. The lowest BCUT2D eigenvalue weighted by Gasteiger charge is -2.36. The maximum atomic E-state index is 15.4. The van der Waals surface area contributed by atoms with Crippen molar-refractivity contribution in [3.63, 3.8) is 0 Å². The van der Waals surface area contributed by atoms with Gasteiger partial charge in [-0.25, -0.2) is 9.18 Å². The highest BCUT2D eigenvalue weighted by Crippen LogP contribution is 2.41. The number of fused-ring (bicyclic) bond motifs is 2. The molecule has 8 heteroatoms. The Morgan fingerprint density at radius 2 is 1.76 bits per heavy atom. The van der Waals surface area contributed by atoms with Gasteiger partial charge in [0, 0.05) is 6.04 Å². The summed E-state index contributed by atoms with van der Waals surface area (Å²) in [7, 11) is 0. The molecule has 1 heterocycles. The average molecular weight is 537 g/mol. The number of nitrogens with one attached hydrogen (secondary N) is 1. The minimum Gasteiger partial charge on any atom is -0.486 e. The highest BCUT2D eigenvalue weighted by molar-refractivity contribution is 5.86. The average Bonchev–Trinajstić information content (AvgIpc) is 2.91. The van der Waals surface area contributed by atoms with E-state index in [2.05, 4.69) is 48.6 Å². The molecular weight excluding hydrogens is 507 g/mol. The van der Waals surface area contributed by atoms with Gasteiger partial charge in [-0.15, -0.1) is 12.4 Å². The highest BCUT2D eigenvalue weighted by Gasteiger charge is 2.29. The lowest BCUT2D eigenvalue weighted by atomic mass is 9.99. The van der Waals surface area contributed by atoms with Crippen molar-refractivity contribution in [1.82, 2.24) is 5.32 Å². The van der Waals surface area contributed by atoms with Crippen molar-refractivity contribution < 1.29 is 23.8 Å². The van der Waals surface area contributed by atoms with E-state index in [0.29, 0.717) is 18.0 Å². The molecule has 198 valence electrons. The molecule has 5 rings (SSSR count). The van der Waals surface area contributed by atoms with Crippen molar-refractivity contribution in [3.8, 4) is 11.5 Å². The van der Waals surface area contributed by atoms with Crippen molar-refractivity contribution in [1.29, 1.82) is 0 Å². The summed E-state index contributed by atoms with van der Waals surface area (Å²) in [5.74, 6) is -1.17. The summed E-state index contributed by atoms with van der Waals surface area (Å²) in [6.45, 7) is 2.71. The van der Waals surface area contributed by atoms with Gasteiger partial charge in [-0.05, 0) is 60.5 Å². The van der Waals surface area contributed by atoms with Crippen LogP contribution in [0.3, 0.4) is 0 Å². The number of hydrogen-bond donors (Lipinski definition) is 2. The standard InChI is InChI=1S/C30H29FN2O4.ClH/c1-20(23-11-6-9-21-8-2-3-10-24(21)23)32-17-16-22-18-33(25-12-4-5-14-27(25)37-22)26-13-7-15-28(30(26)31)36-19-29(34)35;/h2-15,20,22,32H,16-19H2,1H3,(H,34,35);1H/t20-,22?;/m1./s1. The summed E-state index contributed by atoms with van der Waals surface area (Å²) in [5.41, 5.74) is 2.32. The van der Waals surface area contributed by atoms with Gasteiger partial charge in [-0.1, -0.05) is 60.7 Å². The van der Waals surface area contributed by atoms with Crippen LogP contribution in [0.4, 0.5) is 15.8 Å². The molecule has 0 aromatic heterocycles. The van der Waals surface area contributed by atoms with E-state index in [0.717, 1.165) is 18.7 Å². The first kappa shape index (κ1) is 27.2. The number of para-hydroxylation sites is 2. The number of carboxylic acids is 1. The number of carboxylic acid groups (broad SMARTS) is 1. The second-order valence-corrected chi connectivity index (χ2v) is 9.12. The van der Waals surface area contributed by atoms with Crippen LogP contribution in [0.5, 0.6) is 11.5 Å². The molecule has 38 heavy (non-hydrogen) atoms. The number of anilines is 2. The molecule has 0 spiro atoms. The molecule has 4 aromatic rings. The molecule has 2 N–H and O–H groups in total. The second-order valence-electron chi connectivity index (χ2n) is 9.12. The number of nitrogens with zero attached hydrogens (tertiary/aromatic N) is 1. The Kier molecular flexibility index (Phi) is 8.71. The molecule has 0 fully saturated rings. The van der Waals surface area contributed by atoms with E-state index < -0.39 is 18.4 Å². The van der Waals surface area contributed by atoms with Gasteiger partial charge in [0.2, 0.25) is 0 Å². The van der Waals surface area contributed by atoms with Crippen molar-refractivity contribution in [3.05, 3.63) is 96.3 Å². The van der Waals surface area contributed by atoms with Crippen molar-refractivity contribution in [2.45, 2.75) is 25.5 Å². The Labute approximate surface area is 227 Å². The molecule has 0 saturated carbocycles. The van der Waals surface area contributed by atoms with E-state index in [4.69, 9.17) is 14.6 Å². The maximum Gasteiger partial charge on any atom is 0.341 e. The molecule has 0 aliphatic carbocycles. The predicted octanol–water partition coefficient (Wildman–Crippen LogP) is 6.50. The first-order valence-corrected chi connectivity index (χ1v) is 12.4. The minimum absolute atomic E-state index is 0. The number of aliphatic carboxylic acids is 1. The fourth-order valence-electron chi connectivity index (χ4n) is 4.83. The zero-order chi connectivity index (χ0) is 25.8. The molecule has 2 atom stereocenters. The van der Waals surface area contributed by atoms with Gasteiger partial charge in [0.15, 0.2) is 18.2 Å². The number of rotatable bonds is 9. The lowest BCUT2D eigenvalue weighted by molar-refractivity contribution is -0.139. The number of ether oxygens (including phenoxy) is 2. The molecular formula is C30H30ClFN2O4. The van der Waals surface area contributed by atoms with Crippen LogP contribution in [0.25, 0.3) is 10.8 Å². The summed E-state index contributed by atoms with van der Waals surface area (Å²) in [6, 6.07) is 27.2. The SMILES string of the molecule is C[C@@H](NCCC1CN(c2cccc(OCC(=O)O)c2F)c2ccccc2O1)c1cccc2ccccc12.Cl. The van der Waals surface area contributed by atoms with Gasteiger partial charge in [-0.3, -0.25) is 0 Å². The normalized spacial score (nSPS) is 15.2. The van der Waals surface area contributed by atoms with E-state index in [1.165, 1.54) is 22.4 Å². The van der Waals surface area contributed by atoms with Gasteiger partial charge in [-0.2, -0.15) is 0 Å². The quantitative estimate of drug-likeness (QED) is 0.254. The molecule has 1 unspecified atom stereocenters. The number of halogens is 2. The van der Waals surface area contributed by atoms with E-state index in [9.17, 15) is 4.79 Å². The maximum absolute atomic E-state index is 15.4. The molecule has 4 aromatic carbocycles. The Morgan fingerprint density at radius 3 is 2.61 bits per heavy atom. The van der Waals surface area contributed by atoms with Crippen LogP contribution < -0.4 is 19.7 Å². The van der Waals surface area contributed by atoms with Crippen molar-refractivity contribution in [2.24, 2.45) is 0 Å². The van der Waals surface area contributed by atoms with Crippen LogP contribution in [0.1, 0.15) is 24.9 Å². The zero-order valence-corrected chi connectivity index (χ0v) is 21.8. The highest BCUT2D eigenvalue weighted by atomic mass is 35.5. The van der Waals surface area contributed by atoms with E-state index in [-0.39, 0.29) is 30.3 Å². The first-order valence-electron chi connectivity index (χ1n) is 12.4. The molecule has 6 nitrogen and oxygen atoms in total. The summed E-state index contributed by atoms with van der Waals surface area (Å²) in [6.07, 6.45) is 0.543. The Morgan fingerprint density at radius 1 is 1.05 bits per heavy atom. The largest absolute Gasteiger partial charge is 0.486 e. The number of carbonyl (C=O) groups is 1. The minimum atomic E-state index is -1.16. The summed E-state index contributed by atoms with van der Waals surface area (Å²) in [4.78, 5) is 12.8. The Hall–Kier alpha value is -3.81. The fourth-order valence-corrected chi connectivity index (χ4v) is 4.83. The van der Waals surface area contributed by atoms with E-state index >= 15 is 4.39 Å².